The van der Waals surface area contributed by atoms with E-state index in [1.54, 1.807) is 12.0 Å². The first-order chi connectivity index (χ1) is 8.65. The van der Waals surface area contributed by atoms with Crippen molar-refractivity contribution in [3.63, 3.8) is 0 Å². The number of hydrogen-bond donors (Lipinski definition) is 3. The molecule has 0 saturated carbocycles. The second kappa shape index (κ2) is 7.88. The van der Waals surface area contributed by atoms with Gasteiger partial charge in [-0.25, -0.2) is 9.59 Å². The van der Waals surface area contributed by atoms with Crippen LogP contribution in [-0.2, 0) is 9.53 Å². The molecule has 0 aromatic carbocycles. The molecule has 104 valence electrons. The number of ether oxygens (including phenoxy) is 1. The number of nitrogens with one attached hydrogen (secondary N) is 2. The third-order valence-corrected chi connectivity index (χ3v) is 2.84. The van der Waals surface area contributed by atoms with E-state index in [1.807, 2.05) is 0 Å². The van der Waals surface area contributed by atoms with Gasteiger partial charge in [0.05, 0.1) is 0 Å². The van der Waals surface area contributed by atoms with Crippen molar-refractivity contribution in [3.05, 3.63) is 0 Å². The Hall–Kier alpha value is -1.34. The van der Waals surface area contributed by atoms with Crippen LogP contribution in [0.3, 0.4) is 0 Å². The Bertz CT molecular complexity index is 279. The molecule has 18 heavy (non-hydrogen) atoms. The quantitative estimate of drug-likeness (QED) is 0.558. The second-order valence-corrected chi connectivity index (χ2v) is 4.21. The van der Waals surface area contributed by atoms with E-state index in [2.05, 4.69) is 10.6 Å². The monoisotopic (exact) mass is 259 g/mol. The molecular weight excluding hydrogens is 238 g/mol. The highest BCUT2D eigenvalue weighted by Crippen LogP contribution is 2.01. The molecule has 0 spiro atoms. The Kier molecular flexibility index (Phi) is 6.45. The molecule has 1 atom stereocenters. The standard InChI is InChI=1S/C11H21N3O4/c1-18-8-2-3-9(10(15)16)13-11(17)14-6-4-12-5-7-14/h9,12H,2-8H2,1H3,(H,13,17)(H,15,16). The molecule has 1 saturated heterocycles. The van der Waals surface area contributed by atoms with Crippen LogP contribution in [0, 0.1) is 0 Å². The molecule has 1 rings (SSSR count). The largest absolute Gasteiger partial charge is 0.480 e. The molecule has 0 aromatic rings. The normalized spacial score (nSPS) is 17.3. The van der Waals surface area contributed by atoms with Crippen molar-refractivity contribution in [2.45, 2.75) is 18.9 Å². The number of aliphatic carboxylic acids is 1. The number of methoxy groups -OCH3 is 1. The maximum atomic E-state index is 11.8. The summed E-state index contributed by atoms with van der Waals surface area (Å²) in [6, 6.07) is -1.15. The van der Waals surface area contributed by atoms with Gasteiger partial charge in [0.25, 0.3) is 0 Å². The summed E-state index contributed by atoms with van der Waals surface area (Å²) < 4.78 is 4.87. The van der Waals surface area contributed by atoms with Crippen LogP contribution in [0.25, 0.3) is 0 Å². The van der Waals surface area contributed by atoms with E-state index in [1.165, 1.54) is 0 Å². The number of nitrogens with zero attached hydrogens (tertiary/aromatic N) is 1. The molecule has 1 aliphatic heterocycles. The molecule has 7 nitrogen and oxygen atoms in total. The Morgan fingerprint density at radius 1 is 1.44 bits per heavy atom. The summed E-state index contributed by atoms with van der Waals surface area (Å²) in [5.41, 5.74) is 0. The number of hydrogen-bond acceptors (Lipinski definition) is 4. The van der Waals surface area contributed by atoms with Gasteiger partial charge in [0.15, 0.2) is 0 Å². The first-order valence-electron chi connectivity index (χ1n) is 6.13. The van der Waals surface area contributed by atoms with Crippen molar-refractivity contribution in [1.82, 2.24) is 15.5 Å². The maximum Gasteiger partial charge on any atom is 0.326 e. The van der Waals surface area contributed by atoms with Gasteiger partial charge in [0.1, 0.15) is 6.04 Å². The van der Waals surface area contributed by atoms with E-state index in [-0.39, 0.29) is 6.03 Å². The first-order valence-corrected chi connectivity index (χ1v) is 6.13. The van der Waals surface area contributed by atoms with Gasteiger partial charge in [-0.15, -0.1) is 0 Å². The summed E-state index contributed by atoms with van der Waals surface area (Å²) in [6.45, 7) is 3.20. The minimum Gasteiger partial charge on any atom is -0.480 e. The minimum atomic E-state index is -1.01. The molecule has 0 aromatic heterocycles. The molecule has 1 heterocycles. The van der Waals surface area contributed by atoms with Crippen LogP contribution in [0.2, 0.25) is 0 Å². The average molecular weight is 259 g/mol. The van der Waals surface area contributed by atoms with Crippen LogP contribution in [-0.4, -0.2) is 67.9 Å². The van der Waals surface area contributed by atoms with Crippen LogP contribution in [0.15, 0.2) is 0 Å². The van der Waals surface area contributed by atoms with E-state index in [9.17, 15) is 9.59 Å². The smallest absolute Gasteiger partial charge is 0.326 e. The zero-order chi connectivity index (χ0) is 13.4. The molecule has 0 bridgehead atoms. The summed E-state index contributed by atoms with van der Waals surface area (Å²) in [5, 5.41) is 14.7. The molecule has 1 aliphatic rings. The first kappa shape index (κ1) is 14.7. The lowest BCUT2D eigenvalue weighted by molar-refractivity contribution is -0.139. The third kappa shape index (κ3) is 4.89. The number of carbonyl (C=O) groups is 2. The minimum absolute atomic E-state index is 0.304. The zero-order valence-corrected chi connectivity index (χ0v) is 10.6. The Morgan fingerprint density at radius 2 is 2.11 bits per heavy atom. The maximum absolute atomic E-state index is 11.8. The summed E-state index contributed by atoms with van der Waals surface area (Å²) in [5.74, 6) is -1.01. The summed E-state index contributed by atoms with van der Waals surface area (Å²) in [7, 11) is 1.56. The summed E-state index contributed by atoms with van der Waals surface area (Å²) in [6.07, 6.45) is 0.982. The Morgan fingerprint density at radius 3 is 2.67 bits per heavy atom. The lowest BCUT2D eigenvalue weighted by Gasteiger charge is -2.28. The predicted octanol–water partition coefficient (Wildman–Crippen LogP) is -0.519. The Labute approximate surface area is 106 Å². The summed E-state index contributed by atoms with van der Waals surface area (Å²) in [4.78, 5) is 24.5. The van der Waals surface area contributed by atoms with Crippen molar-refractivity contribution in [3.8, 4) is 0 Å². The zero-order valence-electron chi connectivity index (χ0n) is 10.6. The third-order valence-electron chi connectivity index (χ3n) is 2.84. The van der Waals surface area contributed by atoms with E-state index in [4.69, 9.17) is 9.84 Å². The highest BCUT2D eigenvalue weighted by Gasteiger charge is 2.23. The molecule has 0 aliphatic carbocycles. The van der Waals surface area contributed by atoms with Gasteiger partial charge in [-0.2, -0.15) is 0 Å². The highest BCUT2D eigenvalue weighted by molar-refractivity contribution is 5.82. The fraction of sp³-hybridized carbons (Fsp3) is 0.818. The average Bonchev–Trinajstić information content (AvgIpc) is 2.38. The number of piperazine rings is 1. The molecule has 1 fully saturated rings. The van der Waals surface area contributed by atoms with Crippen molar-refractivity contribution in [2.75, 3.05) is 39.9 Å². The van der Waals surface area contributed by atoms with Gasteiger partial charge in [0.2, 0.25) is 0 Å². The molecular formula is C11H21N3O4. The van der Waals surface area contributed by atoms with Crippen LogP contribution < -0.4 is 10.6 Å². The molecule has 2 amide bonds. The van der Waals surface area contributed by atoms with Gasteiger partial charge >= 0.3 is 12.0 Å². The fourth-order valence-corrected chi connectivity index (χ4v) is 1.80. The van der Waals surface area contributed by atoms with Crippen LogP contribution in [0.1, 0.15) is 12.8 Å². The van der Waals surface area contributed by atoms with Gasteiger partial charge < -0.3 is 25.4 Å². The second-order valence-electron chi connectivity index (χ2n) is 4.21. The number of urea groups is 1. The van der Waals surface area contributed by atoms with Gasteiger partial charge in [-0.1, -0.05) is 0 Å². The van der Waals surface area contributed by atoms with E-state index < -0.39 is 12.0 Å². The van der Waals surface area contributed by atoms with E-state index in [0.717, 1.165) is 13.1 Å². The number of carbonyl (C=O) groups excluding carboxylic acids is 1. The van der Waals surface area contributed by atoms with Crippen LogP contribution in [0.5, 0.6) is 0 Å². The number of carboxylic acid groups (broad SMARTS) is 1. The van der Waals surface area contributed by atoms with Crippen molar-refractivity contribution in [1.29, 1.82) is 0 Å². The summed E-state index contributed by atoms with van der Waals surface area (Å²) >= 11 is 0. The molecule has 0 radical (unpaired) electrons. The van der Waals surface area contributed by atoms with Gasteiger partial charge in [-0.3, -0.25) is 0 Å². The van der Waals surface area contributed by atoms with Gasteiger partial charge in [-0.05, 0) is 12.8 Å². The molecule has 1 unspecified atom stereocenters. The topological polar surface area (TPSA) is 90.9 Å². The predicted molar refractivity (Wildman–Crippen MR) is 65.5 cm³/mol. The Balaban J connectivity index is 2.38. The van der Waals surface area contributed by atoms with Crippen molar-refractivity contribution >= 4 is 12.0 Å². The fourth-order valence-electron chi connectivity index (χ4n) is 1.80. The number of carboxylic acids is 1. The molecule has 3 N–H and O–H groups in total. The lowest BCUT2D eigenvalue weighted by atomic mass is 10.1. The number of amides is 2. The van der Waals surface area contributed by atoms with Gasteiger partial charge in [0, 0.05) is 39.9 Å². The SMILES string of the molecule is COCCCC(NC(=O)N1CCNCC1)C(=O)O. The molecule has 7 heteroatoms. The van der Waals surface area contributed by atoms with Crippen molar-refractivity contribution in [2.24, 2.45) is 0 Å². The van der Waals surface area contributed by atoms with Crippen molar-refractivity contribution < 1.29 is 19.4 Å². The lowest BCUT2D eigenvalue weighted by Crippen LogP contribution is -2.53. The highest BCUT2D eigenvalue weighted by atomic mass is 16.5. The van der Waals surface area contributed by atoms with E-state index >= 15 is 0 Å². The van der Waals surface area contributed by atoms with E-state index in [0.29, 0.717) is 32.5 Å². The van der Waals surface area contributed by atoms with Crippen LogP contribution in [0.4, 0.5) is 4.79 Å². The van der Waals surface area contributed by atoms with Crippen LogP contribution >= 0.6 is 0 Å². The number of rotatable bonds is 6.